The van der Waals surface area contributed by atoms with Crippen molar-refractivity contribution in [3.63, 3.8) is 0 Å². The molecule has 0 radical (unpaired) electrons. The van der Waals surface area contributed by atoms with Gasteiger partial charge in [-0.05, 0) is 24.3 Å². The Labute approximate surface area is 224 Å². The summed E-state index contributed by atoms with van der Waals surface area (Å²) >= 11 is 0. The van der Waals surface area contributed by atoms with Gasteiger partial charge in [0.25, 0.3) is 11.4 Å². The lowest BCUT2D eigenvalue weighted by Gasteiger charge is -2.46. The van der Waals surface area contributed by atoms with E-state index in [0.717, 1.165) is 17.7 Å². The average Bonchev–Trinajstić information content (AvgIpc) is 3.52. The van der Waals surface area contributed by atoms with Crippen LogP contribution in [-0.2, 0) is 14.3 Å². The number of guanidine groups is 2. The van der Waals surface area contributed by atoms with Crippen molar-refractivity contribution in [1.29, 1.82) is 0 Å². The van der Waals surface area contributed by atoms with Crippen LogP contribution in [0.4, 0.5) is 4.79 Å². The van der Waals surface area contributed by atoms with E-state index in [2.05, 4.69) is 27.4 Å². The summed E-state index contributed by atoms with van der Waals surface area (Å²) in [6.07, 6.45) is -0.319. The summed E-state index contributed by atoms with van der Waals surface area (Å²) < 4.78 is 5.69. The van der Waals surface area contributed by atoms with Crippen molar-refractivity contribution in [3.05, 3.63) is 35.9 Å². The number of carbonyl (C=O) groups is 3. The predicted octanol–water partition coefficient (Wildman–Crippen LogP) is -3.72. The molecule has 1 spiro atoms. The Morgan fingerprint density at radius 3 is 2.46 bits per heavy atom. The summed E-state index contributed by atoms with van der Waals surface area (Å²) in [6, 6.07) is 8.37. The Morgan fingerprint density at radius 1 is 1.13 bits per heavy atom. The minimum absolute atomic E-state index is 0.0291. The van der Waals surface area contributed by atoms with Gasteiger partial charge in [0.2, 0.25) is 11.8 Å². The van der Waals surface area contributed by atoms with Gasteiger partial charge in [0.15, 0.2) is 18.1 Å². The normalized spacial score (nSPS) is 31.9. The summed E-state index contributed by atoms with van der Waals surface area (Å²) in [6.45, 7) is 0.659. The SMILES string of the molecule is NC1=N[C@@H](CN2C(=O)CCC2=O)C2[NH+]=C(N)NC23N1C[C@H](OC(=O)N1CCC(c2ccccc2)CC1)C3(O)O. The number of piperidine rings is 1. The van der Waals surface area contributed by atoms with E-state index in [1.165, 1.54) is 10.5 Å². The Balaban J connectivity index is 1.19. The van der Waals surface area contributed by atoms with Crippen molar-refractivity contribution in [2.75, 3.05) is 26.2 Å². The van der Waals surface area contributed by atoms with Gasteiger partial charge in [-0.1, -0.05) is 30.3 Å². The second kappa shape index (κ2) is 9.09. The van der Waals surface area contributed by atoms with E-state index < -0.39 is 35.7 Å². The van der Waals surface area contributed by atoms with Crippen molar-refractivity contribution in [1.82, 2.24) is 20.0 Å². The third-order valence-electron chi connectivity index (χ3n) is 8.62. The smallest absolute Gasteiger partial charge is 0.410 e. The van der Waals surface area contributed by atoms with Crippen molar-refractivity contribution in [3.8, 4) is 0 Å². The Morgan fingerprint density at radius 2 is 1.79 bits per heavy atom. The van der Waals surface area contributed by atoms with Crippen molar-refractivity contribution < 1.29 is 34.3 Å². The number of rotatable bonds is 4. The number of carbonyl (C=O) groups excluding carboxylic acids is 3. The largest absolute Gasteiger partial charge is 0.438 e. The summed E-state index contributed by atoms with van der Waals surface area (Å²) in [4.78, 5) is 49.2. The number of aliphatic imine (C=N–C) groups is 1. The van der Waals surface area contributed by atoms with E-state index in [0.29, 0.717) is 19.0 Å². The third kappa shape index (κ3) is 3.88. The lowest BCUT2D eigenvalue weighted by atomic mass is 9.85. The van der Waals surface area contributed by atoms with Crippen LogP contribution in [0.1, 0.15) is 37.2 Å². The fourth-order valence-electron chi connectivity index (χ4n) is 6.59. The fraction of sp³-hybridized carbons (Fsp3) is 0.560. The zero-order valence-electron chi connectivity index (χ0n) is 21.3. The molecule has 1 aromatic carbocycles. The van der Waals surface area contributed by atoms with Crippen LogP contribution < -0.4 is 21.8 Å². The van der Waals surface area contributed by atoms with Crippen LogP contribution >= 0.6 is 0 Å². The first-order valence-corrected chi connectivity index (χ1v) is 13.2. The quantitative estimate of drug-likeness (QED) is 0.163. The van der Waals surface area contributed by atoms with Gasteiger partial charge in [0.05, 0.1) is 13.1 Å². The number of nitrogens with one attached hydrogen (secondary N) is 2. The number of imide groups is 1. The van der Waals surface area contributed by atoms with E-state index in [4.69, 9.17) is 16.2 Å². The molecule has 8 N–H and O–H groups in total. The van der Waals surface area contributed by atoms with Gasteiger partial charge in [-0.2, -0.15) is 0 Å². The molecule has 14 heteroatoms. The lowest BCUT2D eigenvalue weighted by molar-refractivity contribution is -0.522. The van der Waals surface area contributed by atoms with Crippen LogP contribution in [0, 0.1) is 0 Å². The summed E-state index contributed by atoms with van der Waals surface area (Å²) in [7, 11) is 0. The molecule has 5 aliphatic heterocycles. The second-order valence-electron chi connectivity index (χ2n) is 10.8. The minimum Gasteiger partial charge on any atom is -0.438 e. The summed E-state index contributed by atoms with van der Waals surface area (Å²) in [5.74, 6) is -3.03. The average molecular weight is 542 g/mol. The maximum atomic E-state index is 13.1. The topological polar surface area (TPSA) is 201 Å². The molecule has 39 heavy (non-hydrogen) atoms. The van der Waals surface area contributed by atoms with E-state index in [9.17, 15) is 24.6 Å². The van der Waals surface area contributed by atoms with Crippen LogP contribution in [0.25, 0.3) is 0 Å². The molecule has 0 bridgehead atoms. The number of nitrogens with zero attached hydrogens (tertiary/aromatic N) is 4. The lowest BCUT2D eigenvalue weighted by Crippen LogP contribution is -2.90. The van der Waals surface area contributed by atoms with Crippen molar-refractivity contribution in [2.45, 2.75) is 61.2 Å². The van der Waals surface area contributed by atoms with Gasteiger partial charge in [-0.3, -0.25) is 30.1 Å². The van der Waals surface area contributed by atoms with Crippen LogP contribution in [-0.4, -0.2) is 111 Å². The number of aliphatic hydroxyl groups is 2. The van der Waals surface area contributed by atoms with E-state index >= 15 is 0 Å². The molecular weight excluding hydrogens is 508 g/mol. The van der Waals surface area contributed by atoms with Gasteiger partial charge < -0.3 is 25.6 Å². The molecule has 0 aromatic heterocycles. The van der Waals surface area contributed by atoms with Gasteiger partial charge in [-0.25, -0.2) is 15.1 Å². The van der Waals surface area contributed by atoms with E-state index in [-0.39, 0.29) is 49.7 Å². The molecule has 5 aliphatic rings. The van der Waals surface area contributed by atoms with Gasteiger partial charge in [-0.15, -0.1) is 0 Å². The molecular formula is C25H33N8O6+. The number of benzene rings is 1. The molecule has 2 unspecified atom stereocenters. The minimum atomic E-state index is -2.67. The van der Waals surface area contributed by atoms with E-state index in [1.54, 1.807) is 4.90 Å². The molecule has 3 amide bonds. The van der Waals surface area contributed by atoms with Crippen LogP contribution in [0.2, 0.25) is 0 Å². The number of hydrogen-bond donors (Lipinski definition) is 6. The number of likely N-dealkylation sites (tertiary alicyclic amines) is 2. The molecule has 0 saturated carbocycles. The third-order valence-corrected chi connectivity index (χ3v) is 8.62. The van der Waals surface area contributed by atoms with Crippen LogP contribution in [0.5, 0.6) is 0 Å². The fourth-order valence-corrected chi connectivity index (χ4v) is 6.59. The monoisotopic (exact) mass is 541 g/mol. The van der Waals surface area contributed by atoms with Crippen LogP contribution in [0.3, 0.4) is 0 Å². The highest BCUT2D eigenvalue weighted by Gasteiger charge is 2.77. The maximum absolute atomic E-state index is 13.1. The van der Waals surface area contributed by atoms with Crippen molar-refractivity contribution in [2.24, 2.45) is 16.5 Å². The first-order chi connectivity index (χ1) is 18.6. The van der Waals surface area contributed by atoms with Gasteiger partial charge >= 0.3 is 12.1 Å². The highest BCUT2D eigenvalue weighted by Crippen LogP contribution is 2.43. The molecule has 3 saturated heterocycles. The molecule has 4 atom stereocenters. The second-order valence-corrected chi connectivity index (χ2v) is 10.8. The molecule has 5 heterocycles. The standard InChI is InChI=1S/C25H32N8O6/c26-21-29-20-16(12-32-18(34)6-7-19(32)35)28-22(27)33-13-17(25(37,38)24(20,33)30-21)39-23(36)31-10-8-15(9-11-31)14-4-2-1-3-5-14/h1-5,15-17,20,37-38H,6-13H2,(H2,27,28)(H3,26,29,30)/p+1/t16-,17-,20?,24?/m0/s1. The number of ether oxygens (including phenoxy) is 1. The number of nitrogens with two attached hydrogens (primary N) is 2. The van der Waals surface area contributed by atoms with Crippen LogP contribution in [0.15, 0.2) is 35.3 Å². The highest BCUT2D eigenvalue weighted by molar-refractivity contribution is 6.02. The summed E-state index contributed by atoms with van der Waals surface area (Å²) in [5.41, 5.74) is 11.8. The van der Waals surface area contributed by atoms with Gasteiger partial charge in [0, 0.05) is 25.9 Å². The van der Waals surface area contributed by atoms with Crippen molar-refractivity contribution >= 4 is 29.8 Å². The molecule has 14 nitrogen and oxygen atoms in total. The van der Waals surface area contributed by atoms with E-state index in [1.807, 2.05) is 18.2 Å². The molecule has 6 rings (SSSR count). The summed E-state index contributed by atoms with van der Waals surface area (Å²) in [5, 5.41) is 26.0. The zero-order valence-corrected chi connectivity index (χ0v) is 21.3. The Hall–Kier alpha value is -3.91. The Kier molecular flexibility index (Phi) is 5.91. The van der Waals surface area contributed by atoms with Gasteiger partial charge in [0.1, 0.15) is 6.04 Å². The molecule has 0 aliphatic carbocycles. The molecule has 3 fully saturated rings. The molecule has 208 valence electrons. The Bertz CT molecular complexity index is 1230. The predicted molar refractivity (Wildman–Crippen MR) is 135 cm³/mol. The first-order valence-electron chi connectivity index (χ1n) is 13.2. The highest BCUT2D eigenvalue weighted by atomic mass is 16.6. The number of amides is 3. The number of hydrogen-bond acceptors (Lipinski definition) is 11. The molecule has 1 aromatic rings. The maximum Gasteiger partial charge on any atom is 0.410 e. The zero-order chi connectivity index (χ0) is 27.5. The first kappa shape index (κ1) is 25.4.